The lowest BCUT2D eigenvalue weighted by Crippen LogP contribution is -2.61. The van der Waals surface area contributed by atoms with Crippen molar-refractivity contribution >= 4 is 31.2 Å². The van der Waals surface area contributed by atoms with Crippen LogP contribution in [0, 0.1) is 46.3 Å². The minimum Gasteiger partial charge on any atom is -0.387 e. The minimum absolute atomic E-state index is 0.0474. The largest absolute Gasteiger partial charge is 0.397 e. The summed E-state index contributed by atoms with van der Waals surface area (Å²) in [6.07, 6.45) is -2.04. The number of aliphatic hydroxyl groups excluding tert-OH is 2. The van der Waals surface area contributed by atoms with Gasteiger partial charge < -0.3 is 19.7 Å². The molecule has 5 aliphatic rings. The van der Waals surface area contributed by atoms with Crippen LogP contribution in [0.3, 0.4) is 0 Å². The summed E-state index contributed by atoms with van der Waals surface area (Å²) in [6, 6.07) is 0. The Hall–Kier alpha value is -0.810. The van der Waals surface area contributed by atoms with E-state index in [2.05, 4.69) is 31.0 Å². The fraction of sp³-hybridized carbons (Fsp3) is 0.939. The third-order valence-corrected chi connectivity index (χ3v) is 14.7. The molecule has 0 radical (unpaired) electrons. The topological polar surface area (TPSA) is 250 Å². The molecule has 19 heteroatoms. The van der Waals surface area contributed by atoms with E-state index in [9.17, 15) is 49.1 Å². The SMILES string of the molecule is CC(C)[C@H](CC[C@@H](C)[C@H]1CC[C@H]2[C@@H]3C[C@H](O[C@@H]4O[C@H](C)[C@@H](OS(=O)(=O)O)[C@H](O)[C@H]4O)[C@H]4C[C@@H](OS(=O)(=O)O)CC[C@]4(C)C3=CC[C@]12C)OS(=O)(=O)O. The first-order chi connectivity index (χ1) is 23.8. The summed E-state index contributed by atoms with van der Waals surface area (Å²) in [5, 5.41) is 21.9. The van der Waals surface area contributed by atoms with Crippen molar-refractivity contribution < 1.29 is 71.1 Å². The number of hydrogen-bond donors (Lipinski definition) is 5. The zero-order chi connectivity index (χ0) is 38.8. The van der Waals surface area contributed by atoms with Crippen LogP contribution < -0.4 is 0 Å². The van der Waals surface area contributed by atoms with Crippen molar-refractivity contribution in [1.82, 2.24) is 0 Å². The molecule has 0 bridgehead atoms. The molecule has 302 valence electrons. The highest BCUT2D eigenvalue weighted by Crippen LogP contribution is 2.67. The van der Waals surface area contributed by atoms with Crippen LogP contribution in [-0.2, 0) is 53.2 Å². The molecule has 16 nitrogen and oxygen atoms in total. The Balaban J connectivity index is 1.41. The van der Waals surface area contributed by atoms with Crippen LogP contribution in [0.1, 0.15) is 99.3 Å². The van der Waals surface area contributed by atoms with Crippen LogP contribution >= 0.6 is 0 Å². The molecule has 0 unspecified atom stereocenters. The van der Waals surface area contributed by atoms with Gasteiger partial charge in [-0.3, -0.25) is 13.7 Å². The second-order valence-corrected chi connectivity index (χ2v) is 19.8. The van der Waals surface area contributed by atoms with Crippen LogP contribution in [0.15, 0.2) is 11.6 Å². The number of allylic oxidation sites excluding steroid dienone is 2. The first kappa shape index (κ1) is 42.3. The van der Waals surface area contributed by atoms with E-state index >= 15 is 0 Å². The van der Waals surface area contributed by atoms with Gasteiger partial charge in [0.2, 0.25) is 0 Å². The summed E-state index contributed by atoms with van der Waals surface area (Å²) < 4.78 is 124. The average Bonchev–Trinajstić information content (AvgIpc) is 3.36. The van der Waals surface area contributed by atoms with E-state index < -0.39 is 85.6 Å². The van der Waals surface area contributed by atoms with Crippen molar-refractivity contribution in [3.05, 3.63) is 11.6 Å². The number of aliphatic hydroxyl groups is 2. The second-order valence-electron chi connectivity index (χ2n) is 16.7. The first-order valence-electron chi connectivity index (χ1n) is 18.2. The molecule has 0 spiro atoms. The van der Waals surface area contributed by atoms with Gasteiger partial charge in [0, 0.05) is 0 Å². The molecule has 1 aliphatic heterocycles. The summed E-state index contributed by atoms with van der Waals surface area (Å²) in [7, 11) is -14.3. The lowest BCUT2D eigenvalue weighted by atomic mass is 9.47. The number of rotatable bonds is 13. The predicted molar refractivity (Wildman–Crippen MR) is 184 cm³/mol. The predicted octanol–water partition coefficient (Wildman–Crippen LogP) is 3.66. The fourth-order valence-electron chi connectivity index (χ4n) is 10.7. The van der Waals surface area contributed by atoms with E-state index in [0.29, 0.717) is 38.0 Å². The fourth-order valence-corrected chi connectivity index (χ4v) is 12.4. The molecule has 0 aromatic carbocycles. The second kappa shape index (κ2) is 15.3. The summed E-state index contributed by atoms with van der Waals surface area (Å²) in [5.74, 6) is 0.337. The van der Waals surface area contributed by atoms with Crippen LogP contribution in [0.5, 0.6) is 0 Å². The highest BCUT2D eigenvalue weighted by Gasteiger charge is 2.61. The third-order valence-electron chi connectivity index (χ3n) is 13.2. The zero-order valence-electron chi connectivity index (χ0n) is 30.5. The van der Waals surface area contributed by atoms with E-state index in [4.69, 9.17) is 17.8 Å². The summed E-state index contributed by atoms with van der Waals surface area (Å²) in [4.78, 5) is 0. The lowest BCUT2D eigenvalue weighted by Gasteiger charge is -2.59. The van der Waals surface area contributed by atoms with Gasteiger partial charge in [-0.25, -0.2) is 12.5 Å². The van der Waals surface area contributed by atoms with Crippen molar-refractivity contribution in [2.45, 2.75) is 148 Å². The van der Waals surface area contributed by atoms with Crippen molar-refractivity contribution in [1.29, 1.82) is 0 Å². The Morgan fingerprint density at radius 2 is 1.52 bits per heavy atom. The molecule has 0 amide bonds. The molecule has 1 heterocycles. The monoisotopic (exact) mass is 804 g/mol. The van der Waals surface area contributed by atoms with E-state index in [1.54, 1.807) is 0 Å². The average molecular weight is 805 g/mol. The van der Waals surface area contributed by atoms with Crippen molar-refractivity contribution in [3.63, 3.8) is 0 Å². The molecule has 52 heavy (non-hydrogen) atoms. The van der Waals surface area contributed by atoms with Gasteiger partial charge in [0.15, 0.2) is 6.29 Å². The number of ether oxygens (including phenoxy) is 2. The Morgan fingerprint density at radius 3 is 2.12 bits per heavy atom. The molecule has 3 saturated carbocycles. The molecular weight excluding hydrogens is 749 g/mol. The Morgan fingerprint density at radius 1 is 0.865 bits per heavy atom. The lowest BCUT2D eigenvalue weighted by molar-refractivity contribution is -0.312. The maximum atomic E-state index is 11.7. The van der Waals surface area contributed by atoms with E-state index in [-0.39, 0.29) is 41.4 Å². The number of hydrogen-bond acceptors (Lipinski definition) is 13. The normalized spacial score (nSPS) is 42.5. The summed E-state index contributed by atoms with van der Waals surface area (Å²) in [6.45, 7) is 11.7. The highest BCUT2D eigenvalue weighted by molar-refractivity contribution is 7.81. The van der Waals surface area contributed by atoms with Crippen molar-refractivity contribution in [2.24, 2.45) is 46.3 Å². The van der Waals surface area contributed by atoms with Gasteiger partial charge >= 0.3 is 31.2 Å². The van der Waals surface area contributed by atoms with Crippen LogP contribution in [-0.4, -0.2) is 98.1 Å². The van der Waals surface area contributed by atoms with Crippen molar-refractivity contribution in [3.8, 4) is 0 Å². The van der Waals surface area contributed by atoms with Gasteiger partial charge in [0.25, 0.3) is 0 Å². The standard InChI is InChI=1S/C33H56O16S3/c1-17(2)26(48-51(39,40)41)10-7-18(3)22-8-9-23-21-16-27(46-31-29(35)28(34)30(19(4)45-31)49-52(42,43)44)25-15-20(47-50(36,37)38)11-13-33(25,6)24(21)12-14-32(22,23)5/h12,17-23,25-31,34-35H,7-11,13-16H2,1-6H3,(H,36,37,38)(H,39,40,41)(H,42,43,44)/t18-,19-,20+,21+,22-,23+,25-,26+,27+,28-,29-,30-,31+,32-,33-/m1/s1. The molecule has 4 aliphatic carbocycles. The van der Waals surface area contributed by atoms with Gasteiger partial charge in [-0.2, -0.15) is 25.3 Å². The Labute approximate surface area is 307 Å². The van der Waals surface area contributed by atoms with Crippen LogP contribution in [0.2, 0.25) is 0 Å². The molecule has 5 rings (SSSR count). The zero-order valence-corrected chi connectivity index (χ0v) is 32.9. The molecule has 0 aromatic heterocycles. The summed E-state index contributed by atoms with van der Waals surface area (Å²) >= 11 is 0. The van der Waals surface area contributed by atoms with E-state index in [1.165, 1.54) is 12.5 Å². The molecular formula is C33H56O16S3. The molecule has 5 N–H and O–H groups in total. The quantitative estimate of drug-likeness (QED) is 0.132. The molecule has 1 saturated heterocycles. The Bertz CT molecular complexity index is 1650. The van der Waals surface area contributed by atoms with Crippen LogP contribution in [0.25, 0.3) is 0 Å². The van der Waals surface area contributed by atoms with E-state index in [1.807, 2.05) is 13.8 Å². The third kappa shape index (κ3) is 9.08. The maximum Gasteiger partial charge on any atom is 0.397 e. The summed E-state index contributed by atoms with van der Waals surface area (Å²) in [5.41, 5.74) is 0.672. The molecule has 15 atom stereocenters. The number of fused-ring (bicyclic) bond motifs is 5. The van der Waals surface area contributed by atoms with Gasteiger partial charge in [-0.15, -0.1) is 0 Å². The van der Waals surface area contributed by atoms with E-state index in [0.717, 1.165) is 19.3 Å². The molecule has 4 fully saturated rings. The minimum atomic E-state index is -4.98. The van der Waals surface area contributed by atoms with Gasteiger partial charge in [-0.05, 0) is 111 Å². The van der Waals surface area contributed by atoms with Crippen molar-refractivity contribution in [2.75, 3.05) is 0 Å². The van der Waals surface area contributed by atoms with Gasteiger partial charge in [0.1, 0.15) is 18.3 Å². The smallest absolute Gasteiger partial charge is 0.387 e. The maximum absolute atomic E-state index is 11.7. The van der Waals surface area contributed by atoms with Gasteiger partial charge in [0.05, 0.1) is 24.4 Å². The highest BCUT2D eigenvalue weighted by atomic mass is 32.3. The van der Waals surface area contributed by atoms with Crippen LogP contribution in [0.4, 0.5) is 0 Å². The van der Waals surface area contributed by atoms with Gasteiger partial charge in [-0.1, -0.05) is 46.3 Å². The first-order valence-corrected chi connectivity index (χ1v) is 22.3. The molecule has 0 aromatic rings. The Kier molecular flexibility index (Phi) is 12.4.